The van der Waals surface area contributed by atoms with E-state index in [1.54, 1.807) is 19.9 Å². The van der Waals surface area contributed by atoms with Gasteiger partial charge in [0.15, 0.2) is 0 Å². The number of nitrogens with two attached hydrogens (primary N) is 1. The van der Waals surface area contributed by atoms with E-state index in [0.717, 1.165) is 5.56 Å². The second-order valence-electron chi connectivity index (χ2n) is 4.26. The minimum atomic E-state index is -3.57. The van der Waals surface area contributed by atoms with Gasteiger partial charge in [-0.1, -0.05) is 12.1 Å². The fourth-order valence-corrected chi connectivity index (χ4v) is 3.19. The molecule has 0 radical (unpaired) electrons. The van der Waals surface area contributed by atoms with E-state index < -0.39 is 10.0 Å². The van der Waals surface area contributed by atoms with Gasteiger partial charge in [0.25, 0.3) is 0 Å². The van der Waals surface area contributed by atoms with Crippen LogP contribution in [0.1, 0.15) is 11.1 Å². The normalized spacial score (nSPS) is 12.1. The van der Waals surface area contributed by atoms with Crippen molar-refractivity contribution in [3.05, 3.63) is 23.3 Å². The van der Waals surface area contributed by atoms with Crippen LogP contribution in [0.3, 0.4) is 0 Å². The quantitative estimate of drug-likeness (QED) is 0.816. The smallest absolute Gasteiger partial charge is 0.245 e. The molecule has 0 saturated heterocycles. The number of nitrogen functional groups attached to an aromatic ring is 1. The van der Waals surface area contributed by atoms with E-state index in [9.17, 15) is 8.42 Å². The second-order valence-corrected chi connectivity index (χ2v) is 6.24. The van der Waals surface area contributed by atoms with Crippen LogP contribution in [0.4, 0.5) is 5.69 Å². The standard InChI is InChI=1S/C12H20N2O3S/c1-9-5-6-10(2)12(11(9)13)18(15,16)14(3)7-8-17-4/h5-6H,7-8,13H2,1-4H3. The predicted molar refractivity (Wildman–Crippen MR) is 72.0 cm³/mol. The summed E-state index contributed by atoms with van der Waals surface area (Å²) in [6.07, 6.45) is 0. The van der Waals surface area contributed by atoms with Gasteiger partial charge in [0.05, 0.1) is 12.3 Å². The first-order valence-corrected chi connectivity index (χ1v) is 7.07. The first kappa shape index (κ1) is 14.9. The molecule has 6 heteroatoms. The fraction of sp³-hybridized carbons (Fsp3) is 0.500. The van der Waals surface area contributed by atoms with Gasteiger partial charge in [0, 0.05) is 20.7 Å². The Morgan fingerprint density at radius 1 is 1.28 bits per heavy atom. The molecule has 0 aliphatic rings. The molecule has 0 aromatic heterocycles. The average molecular weight is 272 g/mol. The zero-order chi connectivity index (χ0) is 13.9. The van der Waals surface area contributed by atoms with Gasteiger partial charge in [-0.15, -0.1) is 0 Å². The van der Waals surface area contributed by atoms with Crippen molar-refractivity contribution in [2.45, 2.75) is 18.7 Å². The Morgan fingerprint density at radius 2 is 1.83 bits per heavy atom. The number of nitrogens with zero attached hydrogens (tertiary/aromatic N) is 1. The number of sulfonamides is 1. The molecule has 0 aliphatic heterocycles. The van der Waals surface area contributed by atoms with Crippen LogP contribution in [-0.4, -0.2) is 40.0 Å². The lowest BCUT2D eigenvalue weighted by molar-refractivity contribution is 0.185. The van der Waals surface area contributed by atoms with Crippen LogP contribution < -0.4 is 5.73 Å². The first-order chi connectivity index (χ1) is 8.32. The molecule has 0 aliphatic carbocycles. The van der Waals surface area contributed by atoms with Gasteiger partial charge in [0.2, 0.25) is 10.0 Å². The highest BCUT2D eigenvalue weighted by Gasteiger charge is 2.25. The Balaban J connectivity index is 3.24. The van der Waals surface area contributed by atoms with Crippen LogP contribution in [0, 0.1) is 13.8 Å². The number of benzene rings is 1. The van der Waals surface area contributed by atoms with E-state index >= 15 is 0 Å². The van der Waals surface area contributed by atoms with Gasteiger partial charge in [-0.25, -0.2) is 8.42 Å². The van der Waals surface area contributed by atoms with Gasteiger partial charge in [0.1, 0.15) is 4.90 Å². The van der Waals surface area contributed by atoms with Crippen molar-refractivity contribution in [1.29, 1.82) is 0 Å². The minimum Gasteiger partial charge on any atom is -0.397 e. The van der Waals surface area contributed by atoms with Crippen LogP contribution in [-0.2, 0) is 14.8 Å². The summed E-state index contributed by atoms with van der Waals surface area (Å²) in [6, 6.07) is 3.58. The van der Waals surface area contributed by atoms with Crippen LogP contribution in [0.5, 0.6) is 0 Å². The molecular formula is C12H20N2O3S. The summed E-state index contributed by atoms with van der Waals surface area (Å²) in [4.78, 5) is 0.195. The third-order valence-corrected chi connectivity index (χ3v) is 4.95. The fourth-order valence-electron chi connectivity index (χ4n) is 1.65. The predicted octanol–water partition coefficient (Wildman–Crippen LogP) is 1.15. The maximum atomic E-state index is 12.4. The lowest BCUT2D eigenvalue weighted by Gasteiger charge is -2.20. The molecule has 0 atom stereocenters. The van der Waals surface area contributed by atoms with Gasteiger partial charge in [-0.3, -0.25) is 0 Å². The molecule has 1 aromatic carbocycles. The molecule has 2 N–H and O–H groups in total. The lowest BCUT2D eigenvalue weighted by Crippen LogP contribution is -2.31. The number of ether oxygens (including phenoxy) is 1. The van der Waals surface area contributed by atoms with E-state index in [4.69, 9.17) is 10.5 Å². The number of hydrogen-bond donors (Lipinski definition) is 1. The minimum absolute atomic E-state index is 0.195. The lowest BCUT2D eigenvalue weighted by atomic mass is 10.1. The van der Waals surface area contributed by atoms with Gasteiger partial charge < -0.3 is 10.5 Å². The summed E-state index contributed by atoms with van der Waals surface area (Å²) in [5, 5.41) is 0. The third-order valence-electron chi connectivity index (χ3n) is 2.89. The van der Waals surface area contributed by atoms with Crippen molar-refractivity contribution >= 4 is 15.7 Å². The molecule has 0 bridgehead atoms. The molecule has 18 heavy (non-hydrogen) atoms. The third kappa shape index (κ3) is 2.82. The van der Waals surface area contributed by atoms with E-state index in [1.807, 2.05) is 6.07 Å². The van der Waals surface area contributed by atoms with Crippen LogP contribution in [0.25, 0.3) is 0 Å². The first-order valence-electron chi connectivity index (χ1n) is 5.63. The number of likely N-dealkylation sites (N-methyl/N-ethyl adjacent to an activating group) is 1. The SMILES string of the molecule is COCCN(C)S(=O)(=O)c1c(C)ccc(C)c1N. The molecule has 0 spiro atoms. The Kier molecular flexibility index (Phi) is 4.72. The van der Waals surface area contributed by atoms with Crippen molar-refractivity contribution in [2.75, 3.05) is 33.0 Å². The van der Waals surface area contributed by atoms with Crippen LogP contribution >= 0.6 is 0 Å². The monoisotopic (exact) mass is 272 g/mol. The number of anilines is 1. The Hall–Kier alpha value is -1.11. The summed E-state index contributed by atoms with van der Waals surface area (Å²) < 4.78 is 31.0. The van der Waals surface area contributed by atoms with E-state index in [0.29, 0.717) is 24.4 Å². The van der Waals surface area contributed by atoms with Crippen LogP contribution in [0.15, 0.2) is 17.0 Å². The maximum Gasteiger partial charge on any atom is 0.245 e. The molecule has 0 saturated carbocycles. The number of aryl methyl sites for hydroxylation is 2. The Morgan fingerprint density at radius 3 is 2.39 bits per heavy atom. The Bertz CT molecular complexity index is 526. The molecule has 0 unspecified atom stereocenters. The zero-order valence-electron chi connectivity index (χ0n) is 11.2. The number of methoxy groups -OCH3 is 1. The van der Waals surface area contributed by atoms with Gasteiger partial charge >= 0.3 is 0 Å². The summed E-state index contributed by atoms with van der Waals surface area (Å²) in [7, 11) is -0.509. The number of rotatable bonds is 5. The molecule has 0 fully saturated rings. The van der Waals surface area contributed by atoms with Crippen molar-refractivity contribution in [3.8, 4) is 0 Å². The zero-order valence-corrected chi connectivity index (χ0v) is 12.0. The van der Waals surface area contributed by atoms with Crippen molar-refractivity contribution in [1.82, 2.24) is 4.31 Å². The summed E-state index contributed by atoms with van der Waals surface area (Å²) >= 11 is 0. The van der Waals surface area contributed by atoms with Gasteiger partial charge in [-0.05, 0) is 25.0 Å². The molecular weight excluding hydrogens is 252 g/mol. The highest BCUT2D eigenvalue weighted by molar-refractivity contribution is 7.89. The largest absolute Gasteiger partial charge is 0.397 e. The summed E-state index contributed by atoms with van der Waals surface area (Å²) in [5.74, 6) is 0. The second kappa shape index (κ2) is 5.69. The Labute approximate surface area is 109 Å². The average Bonchev–Trinajstić information content (AvgIpc) is 2.31. The molecule has 5 nitrogen and oxygen atoms in total. The van der Waals surface area contributed by atoms with E-state index in [-0.39, 0.29) is 4.90 Å². The molecule has 0 amide bonds. The highest BCUT2D eigenvalue weighted by Crippen LogP contribution is 2.27. The van der Waals surface area contributed by atoms with E-state index in [1.165, 1.54) is 18.5 Å². The van der Waals surface area contributed by atoms with Gasteiger partial charge in [-0.2, -0.15) is 4.31 Å². The van der Waals surface area contributed by atoms with E-state index in [2.05, 4.69) is 0 Å². The topological polar surface area (TPSA) is 72.6 Å². The van der Waals surface area contributed by atoms with Crippen molar-refractivity contribution in [2.24, 2.45) is 0 Å². The maximum absolute atomic E-state index is 12.4. The van der Waals surface area contributed by atoms with Crippen molar-refractivity contribution < 1.29 is 13.2 Å². The van der Waals surface area contributed by atoms with Crippen LogP contribution in [0.2, 0.25) is 0 Å². The summed E-state index contributed by atoms with van der Waals surface area (Å²) in [5.41, 5.74) is 7.64. The molecule has 102 valence electrons. The number of hydrogen-bond acceptors (Lipinski definition) is 4. The summed E-state index contributed by atoms with van der Waals surface area (Å²) in [6.45, 7) is 4.18. The molecule has 1 rings (SSSR count). The molecule has 0 heterocycles. The van der Waals surface area contributed by atoms with Crippen molar-refractivity contribution in [3.63, 3.8) is 0 Å². The highest BCUT2D eigenvalue weighted by atomic mass is 32.2. The molecule has 1 aromatic rings.